The van der Waals surface area contributed by atoms with Crippen LogP contribution in [-0.2, 0) is 21.5 Å². The number of halogens is 4. The van der Waals surface area contributed by atoms with Crippen molar-refractivity contribution in [3.63, 3.8) is 0 Å². The Hall–Kier alpha value is -4.56. The molecule has 3 rings (SSSR count). The molecule has 0 radical (unpaired) electrons. The molecule has 0 unspecified atom stereocenters. The maximum atomic E-state index is 15.5. The number of ketones is 1. The minimum atomic E-state index is -5.08. The molecule has 1 heterocycles. The van der Waals surface area contributed by atoms with E-state index in [9.17, 15) is 27.9 Å². The molecule has 2 aromatic carbocycles. The summed E-state index contributed by atoms with van der Waals surface area (Å²) < 4.78 is 64.1. The number of hydrogen-bond acceptors (Lipinski definition) is 8. The second-order valence-electron chi connectivity index (χ2n) is 11.3. The number of hydrogen-bond donors (Lipinski definition) is 3. The Morgan fingerprint density at radius 1 is 0.936 bits per heavy atom. The van der Waals surface area contributed by atoms with Crippen molar-refractivity contribution >= 4 is 29.2 Å². The Morgan fingerprint density at radius 3 is 1.98 bits per heavy atom. The highest BCUT2D eigenvalue weighted by molar-refractivity contribution is 6.06. The number of nitrogens with zero attached hydrogens (tertiary/aromatic N) is 2. The molecule has 0 aliphatic carbocycles. The van der Waals surface area contributed by atoms with Crippen LogP contribution in [0.15, 0.2) is 18.2 Å². The van der Waals surface area contributed by atoms with Gasteiger partial charge in [-0.25, -0.2) is 14.0 Å². The van der Waals surface area contributed by atoms with E-state index in [0.717, 1.165) is 0 Å². The summed E-state index contributed by atoms with van der Waals surface area (Å²) in [6, 6.07) is 5.13. The zero-order valence-corrected chi connectivity index (χ0v) is 27.4. The molecule has 15 heteroatoms. The van der Waals surface area contributed by atoms with Gasteiger partial charge in [-0.15, -0.1) is 0 Å². The number of Topliss-reactive ketones (excluding diaryl/α,β-unsaturated/α-hetero) is 1. The van der Waals surface area contributed by atoms with Crippen molar-refractivity contribution in [3.05, 3.63) is 46.3 Å². The molecule has 3 N–H and O–H groups in total. The molecule has 0 atom stereocenters. The average molecular weight is 672 g/mol. The molecule has 2 aromatic rings. The van der Waals surface area contributed by atoms with E-state index >= 15 is 4.39 Å². The summed E-state index contributed by atoms with van der Waals surface area (Å²) in [6.45, 7) is 14.7. The van der Waals surface area contributed by atoms with Crippen molar-refractivity contribution in [1.29, 1.82) is 5.41 Å². The Bertz CT molecular complexity index is 1480. The molecule has 0 saturated heterocycles. The van der Waals surface area contributed by atoms with Crippen molar-refractivity contribution in [2.24, 2.45) is 0 Å². The predicted octanol–water partition coefficient (Wildman–Crippen LogP) is 5.89. The van der Waals surface area contributed by atoms with Crippen LogP contribution >= 0.6 is 0 Å². The van der Waals surface area contributed by atoms with Gasteiger partial charge in [0.05, 0.1) is 31.0 Å². The second-order valence-corrected chi connectivity index (χ2v) is 11.3. The zero-order chi connectivity index (χ0) is 35.9. The van der Waals surface area contributed by atoms with Crippen molar-refractivity contribution in [3.8, 4) is 17.2 Å². The number of carboxylic acid groups (broad SMARTS) is 2. The smallest absolute Gasteiger partial charge is 0.490 e. The number of aliphatic carboxylic acids is 2. The van der Waals surface area contributed by atoms with Gasteiger partial charge < -0.3 is 34.2 Å². The van der Waals surface area contributed by atoms with Gasteiger partial charge in [-0.1, -0.05) is 20.8 Å². The van der Waals surface area contributed by atoms with Gasteiger partial charge in [0.1, 0.15) is 11.6 Å². The van der Waals surface area contributed by atoms with Crippen LogP contribution in [0.4, 0.5) is 23.2 Å². The lowest BCUT2D eigenvalue weighted by molar-refractivity contribution is -0.192. The number of amidine groups is 1. The van der Waals surface area contributed by atoms with Gasteiger partial charge >= 0.3 is 18.1 Å². The predicted molar refractivity (Wildman–Crippen MR) is 166 cm³/mol. The van der Waals surface area contributed by atoms with Crippen molar-refractivity contribution in [2.45, 2.75) is 66.6 Å². The number of rotatable bonds is 13. The van der Waals surface area contributed by atoms with Crippen LogP contribution in [0.25, 0.3) is 0 Å². The molecule has 0 fully saturated rings. The summed E-state index contributed by atoms with van der Waals surface area (Å²) in [4.78, 5) is 37.5. The van der Waals surface area contributed by atoms with Crippen LogP contribution in [0.2, 0.25) is 0 Å². The van der Waals surface area contributed by atoms with Crippen LogP contribution in [0.1, 0.15) is 75.5 Å². The highest BCUT2D eigenvalue weighted by Gasteiger charge is 2.38. The van der Waals surface area contributed by atoms with E-state index in [1.165, 1.54) is 4.90 Å². The first kappa shape index (κ1) is 38.6. The molecule has 0 bridgehead atoms. The van der Waals surface area contributed by atoms with Gasteiger partial charge in [-0.3, -0.25) is 10.2 Å². The van der Waals surface area contributed by atoms with Gasteiger partial charge in [0.2, 0.25) is 0 Å². The Labute approximate surface area is 270 Å². The van der Waals surface area contributed by atoms with E-state index < -0.39 is 36.0 Å². The number of carbonyl (C=O) groups is 3. The molecule has 1 aliphatic rings. The van der Waals surface area contributed by atoms with Gasteiger partial charge in [0.25, 0.3) is 0 Å². The molecular weight excluding hydrogens is 630 g/mol. The summed E-state index contributed by atoms with van der Waals surface area (Å²) in [6.07, 6.45) is -5.08. The number of alkyl halides is 3. The molecule has 1 aliphatic heterocycles. The quantitative estimate of drug-likeness (QED) is 0.174. The van der Waals surface area contributed by atoms with Crippen molar-refractivity contribution in [2.75, 3.05) is 44.4 Å². The fourth-order valence-corrected chi connectivity index (χ4v) is 4.84. The first-order valence-electron chi connectivity index (χ1n) is 14.9. The van der Waals surface area contributed by atoms with Crippen LogP contribution in [0.3, 0.4) is 0 Å². The third-order valence-corrected chi connectivity index (χ3v) is 6.99. The zero-order valence-electron chi connectivity index (χ0n) is 27.4. The Kier molecular flexibility index (Phi) is 13.0. The van der Waals surface area contributed by atoms with Gasteiger partial charge in [-0.2, -0.15) is 13.2 Å². The fourth-order valence-electron chi connectivity index (χ4n) is 4.84. The van der Waals surface area contributed by atoms with E-state index in [1.54, 1.807) is 32.0 Å². The van der Waals surface area contributed by atoms with Gasteiger partial charge in [-0.05, 0) is 56.9 Å². The van der Waals surface area contributed by atoms with E-state index in [-0.39, 0.29) is 48.4 Å². The fraction of sp³-hybridized carbons (Fsp3) is 0.500. The molecule has 0 aromatic heterocycles. The summed E-state index contributed by atoms with van der Waals surface area (Å²) in [5.41, 5.74) is 1.95. The molecule has 47 heavy (non-hydrogen) atoms. The lowest BCUT2D eigenvalue weighted by atomic mass is 9.84. The summed E-state index contributed by atoms with van der Waals surface area (Å²) in [7, 11) is 0. The number of ether oxygens (including phenoxy) is 3. The molecule has 0 amide bonds. The molecule has 0 spiro atoms. The number of fused-ring (bicyclic) bond motifs is 1. The minimum absolute atomic E-state index is 0.0309. The maximum Gasteiger partial charge on any atom is 0.490 e. The lowest BCUT2D eigenvalue weighted by Crippen LogP contribution is -2.31. The number of carbonyl (C=O) groups excluding carboxylic acids is 1. The highest BCUT2D eigenvalue weighted by atomic mass is 19.4. The van der Waals surface area contributed by atoms with Crippen LogP contribution in [-0.4, -0.2) is 84.3 Å². The van der Waals surface area contributed by atoms with E-state index in [1.807, 2.05) is 39.5 Å². The second kappa shape index (κ2) is 15.8. The molecule has 11 nitrogen and oxygen atoms in total. The third-order valence-electron chi connectivity index (χ3n) is 6.99. The van der Waals surface area contributed by atoms with Crippen LogP contribution in [0, 0.1) is 11.2 Å². The summed E-state index contributed by atoms with van der Waals surface area (Å²) in [5.74, 6) is -4.18. The van der Waals surface area contributed by atoms with Gasteiger partial charge in [0, 0.05) is 30.8 Å². The van der Waals surface area contributed by atoms with Gasteiger partial charge in [0.15, 0.2) is 29.7 Å². The molecule has 260 valence electrons. The monoisotopic (exact) mass is 671 g/mol. The number of carboxylic acids is 2. The van der Waals surface area contributed by atoms with E-state index in [2.05, 4.69) is 0 Å². The SMILES string of the molecule is CCOc1cc2c(c(F)c1OCC)C(=N)N(CC(=O)c1cc(N(CC)CC)c(OCC(=O)O)c(C(C)(C)C)c1)C2.O=C(O)C(F)(F)F. The minimum Gasteiger partial charge on any atom is -0.490 e. The third kappa shape index (κ3) is 9.48. The topological polar surface area (TPSA) is 150 Å². The standard InChI is InChI=1S/C30H40FN3O6.C2HF3O2/c1-8-33(9-2)21-13-18(12-20(30(5,6)7)27(21)40-17-24(36)37)22(35)16-34-15-19-14-23(38-10-3)28(39-11-4)26(31)25(19)29(34)32;3-2(4,5)1(6)7/h12-14,32H,8-11,15-17H2,1-7H3,(H,36,37);(H,6,7). The molecular formula is C32H41F4N3O8. The van der Waals surface area contributed by atoms with Crippen LogP contribution < -0.4 is 19.1 Å². The largest absolute Gasteiger partial charge is 0.490 e. The number of anilines is 1. The Morgan fingerprint density at radius 2 is 1.51 bits per heavy atom. The van der Waals surface area contributed by atoms with Crippen molar-refractivity contribution in [1.82, 2.24) is 4.90 Å². The van der Waals surface area contributed by atoms with Crippen LogP contribution in [0.5, 0.6) is 17.2 Å². The molecule has 0 saturated carbocycles. The van der Waals surface area contributed by atoms with Crippen molar-refractivity contribution < 1.29 is 56.4 Å². The first-order chi connectivity index (χ1) is 21.8. The average Bonchev–Trinajstić information content (AvgIpc) is 3.28. The normalized spacial score (nSPS) is 12.6. The number of nitrogens with one attached hydrogen (secondary N) is 1. The lowest BCUT2D eigenvalue weighted by Gasteiger charge is -2.30. The summed E-state index contributed by atoms with van der Waals surface area (Å²) >= 11 is 0. The van der Waals surface area contributed by atoms with E-state index in [0.29, 0.717) is 47.8 Å². The van der Waals surface area contributed by atoms with E-state index in [4.69, 9.17) is 29.5 Å². The Balaban J connectivity index is 0.000000984. The first-order valence-corrected chi connectivity index (χ1v) is 14.9. The summed E-state index contributed by atoms with van der Waals surface area (Å²) in [5, 5.41) is 25.1. The number of benzene rings is 2. The highest BCUT2D eigenvalue weighted by Crippen LogP contribution is 2.42. The maximum absolute atomic E-state index is 15.5.